The Labute approximate surface area is 209 Å². The molecule has 0 saturated carbocycles. The second-order valence-corrected chi connectivity index (χ2v) is 12.8. The Morgan fingerprint density at radius 3 is 2.54 bits per heavy atom. The molecule has 4 heterocycles. The van der Waals surface area contributed by atoms with Gasteiger partial charge in [-0.25, -0.2) is 17.8 Å². The zero-order valence-corrected chi connectivity index (χ0v) is 21.9. The minimum absolute atomic E-state index is 0.0510. The first-order chi connectivity index (χ1) is 16.6. The van der Waals surface area contributed by atoms with Crippen molar-refractivity contribution in [1.82, 2.24) is 24.8 Å². The van der Waals surface area contributed by atoms with Crippen LogP contribution in [-0.2, 0) is 19.6 Å². The zero-order valence-electron chi connectivity index (χ0n) is 20.3. The number of amides is 1. The van der Waals surface area contributed by atoms with Crippen LogP contribution in [0.25, 0.3) is 10.9 Å². The van der Waals surface area contributed by atoms with Crippen molar-refractivity contribution in [2.45, 2.75) is 43.6 Å². The number of benzene rings is 1. The van der Waals surface area contributed by atoms with Gasteiger partial charge < -0.3 is 14.5 Å². The molecule has 2 N–H and O–H groups in total. The normalized spacial score (nSPS) is 22.3. The van der Waals surface area contributed by atoms with Crippen molar-refractivity contribution in [3.8, 4) is 0 Å². The predicted molar refractivity (Wildman–Crippen MR) is 136 cm³/mol. The van der Waals surface area contributed by atoms with Crippen LogP contribution in [-0.4, -0.2) is 79.0 Å². The molecule has 3 aliphatic heterocycles. The molecule has 0 radical (unpaired) electrons. The van der Waals surface area contributed by atoms with Crippen LogP contribution in [0, 0.1) is 5.92 Å². The second kappa shape index (κ2) is 8.95. The standard InChI is InChI=1S/C22H31N7O4S2/c1-14(2)20(30)28-7-5-27(6-8-28)18-9-16(35(31,32)26-22(4)12-33-13-22)10-19-17(18)11-23-29(19)21-25-24-15(3)34-21/h9-11,14,21,25-26H,5-8,12-13H2,1-4H3. The van der Waals surface area contributed by atoms with E-state index in [0.717, 1.165) is 16.1 Å². The van der Waals surface area contributed by atoms with Crippen molar-refractivity contribution in [2.75, 3.05) is 44.3 Å². The summed E-state index contributed by atoms with van der Waals surface area (Å²) in [5.41, 5.74) is 3.67. The largest absolute Gasteiger partial charge is 0.377 e. The van der Waals surface area contributed by atoms with Crippen LogP contribution in [0.5, 0.6) is 0 Å². The minimum Gasteiger partial charge on any atom is -0.377 e. The molecule has 1 aromatic heterocycles. The van der Waals surface area contributed by atoms with Crippen LogP contribution >= 0.6 is 11.8 Å². The molecule has 2 aromatic rings. The van der Waals surface area contributed by atoms with Crippen LogP contribution in [0.15, 0.2) is 28.3 Å². The first-order valence-electron chi connectivity index (χ1n) is 11.7. The summed E-state index contributed by atoms with van der Waals surface area (Å²) in [7, 11) is -3.81. The fraction of sp³-hybridized carbons (Fsp3) is 0.591. The fourth-order valence-corrected chi connectivity index (χ4v) is 6.77. The maximum atomic E-state index is 13.4. The molecule has 1 amide bonds. The Hall–Kier alpha value is -2.35. The third-order valence-electron chi connectivity index (χ3n) is 6.46. The van der Waals surface area contributed by atoms with E-state index in [-0.39, 0.29) is 22.2 Å². The van der Waals surface area contributed by atoms with Crippen molar-refractivity contribution in [3.63, 3.8) is 0 Å². The van der Waals surface area contributed by atoms with E-state index in [1.165, 1.54) is 11.8 Å². The number of rotatable bonds is 6. The minimum atomic E-state index is -3.81. The highest BCUT2D eigenvalue weighted by atomic mass is 32.2. The molecular weight excluding hydrogens is 490 g/mol. The zero-order chi connectivity index (χ0) is 25.0. The van der Waals surface area contributed by atoms with Crippen LogP contribution in [0.2, 0.25) is 0 Å². The van der Waals surface area contributed by atoms with Gasteiger partial charge in [0.2, 0.25) is 15.9 Å². The number of nitrogens with zero attached hydrogens (tertiary/aromatic N) is 5. The first-order valence-corrected chi connectivity index (χ1v) is 14.1. The maximum absolute atomic E-state index is 13.4. The number of hydrogen-bond acceptors (Lipinski definition) is 9. The SMILES string of the molecule is CC1=NNC(n2ncc3c(N4CCN(C(=O)C(C)C)CC4)cc(S(=O)(=O)NC4(C)COC4)cc32)S1. The first kappa shape index (κ1) is 24.3. The monoisotopic (exact) mass is 521 g/mol. The summed E-state index contributed by atoms with van der Waals surface area (Å²) in [5.74, 6) is 0.0868. The summed E-state index contributed by atoms with van der Waals surface area (Å²) in [6, 6.07) is 3.39. The number of fused-ring (bicyclic) bond motifs is 1. The average Bonchev–Trinajstić information content (AvgIpc) is 3.42. The lowest BCUT2D eigenvalue weighted by molar-refractivity contribution is -0.134. The van der Waals surface area contributed by atoms with Gasteiger partial charge in [-0.2, -0.15) is 10.2 Å². The number of hydrogen-bond donors (Lipinski definition) is 2. The lowest BCUT2D eigenvalue weighted by Crippen LogP contribution is -2.59. The molecule has 1 unspecified atom stereocenters. The number of anilines is 1. The Morgan fingerprint density at radius 2 is 1.97 bits per heavy atom. The number of aromatic nitrogens is 2. The number of hydrazone groups is 1. The van der Waals surface area contributed by atoms with E-state index < -0.39 is 15.6 Å². The van der Waals surface area contributed by atoms with Gasteiger partial charge in [0, 0.05) is 43.2 Å². The highest BCUT2D eigenvalue weighted by Crippen LogP contribution is 2.36. The van der Waals surface area contributed by atoms with Crippen LogP contribution in [0.1, 0.15) is 33.2 Å². The molecule has 35 heavy (non-hydrogen) atoms. The van der Waals surface area contributed by atoms with Crippen molar-refractivity contribution < 1.29 is 17.9 Å². The van der Waals surface area contributed by atoms with Crippen LogP contribution in [0.3, 0.4) is 0 Å². The van der Waals surface area contributed by atoms with Gasteiger partial charge in [-0.1, -0.05) is 25.6 Å². The van der Waals surface area contributed by atoms with Crippen molar-refractivity contribution in [2.24, 2.45) is 11.0 Å². The number of piperazine rings is 1. The van der Waals surface area contributed by atoms with E-state index in [9.17, 15) is 13.2 Å². The molecule has 5 rings (SSSR count). The van der Waals surface area contributed by atoms with Crippen molar-refractivity contribution in [1.29, 1.82) is 0 Å². The number of nitrogens with one attached hydrogen (secondary N) is 2. The van der Waals surface area contributed by atoms with Gasteiger partial charge in [0.1, 0.15) is 0 Å². The number of ether oxygens (including phenoxy) is 1. The Bertz CT molecular complexity index is 1280. The van der Waals surface area contributed by atoms with E-state index >= 15 is 0 Å². The summed E-state index contributed by atoms with van der Waals surface area (Å²) < 4.78 is 36.7. The fourth-order valence-electron chi connectivity index (χ4n) is 4.55. The molecule has 3 aliphatic rings. The average molecular weight is 522 g/mol. The van der Waals surface area contributed by atoms with Gasteiger partial charge in [0.15, 0.2) is 5.50 Å². The highest BCUT2D eigenvalue weighted by molar-refractivity contribution is 8.14. The smallest absolute Gasteiger partial charge is 0.241 e. The van der Waals surface area contributed by atoms with Gasteiger partial charge in [-0.3, -0.25) is 10.2 Å². The number of thioether (sulfide) groups is 1. The molecule has 1 atom stereocenters. The molecule has 0 bridgehead atoms. The topological polar surface area (TPSA) is 121 Å². The molecule has 1 aromatic carbocycles. The third kappa shape index (κ3) is 4.61. The van der Waals surface area contributed by atoms with Gasteiger partial charge in [0.05, 0.1) is 40.4 Å². The summed E-state index contributed by atoms with van der Waals surface area (Å²) in [6.45, 7) is 10.6. The van der Waals surface area contributed by atoms with Gasteiger partial charge in [-0.15, -0.1) is 0 Å². The molecular formula is C22H31N7O4S2. The highest BCUT2D eigenvalue weighted by Gasteiger charge is 2.38. The molecule has 13 heteroatoms. The lowest BCUT2D eigenvalue weighted by Gasteiger charge is -2.38. The molecule has 11 nitrogen and oxygen atoms in total. The molecule has 190 valence electrons. The third-order valence-corrected chi connectivity index (χ3v) is 9.04. The molecule has 0 spiro atoms. The summed E-state index contributed by atoms with van der Waals surface area (Å²) in [6.07, 6.45) is 1.77. The molecule has 2 fully saturated rings. The summed E-state index contributed by atoms with van der Waals surface area (Å²) >= 11 is 1.52. The number of sulfonamides is 1. The summed E-state index contributed by atoms with van der Waals surface area (Å²) in [5, 5.41) is 10.6. The predicted octanol–water partition coefficient (Wildman–Crippen LogP) is 1.53. The maximum Gasteiger partial charge on any atom is 0.241 e. The van der Waals surface area contributed by atoms with E-state index in [1.807, 2.05) is 32.6 Å². The number of carbonyl (C=O) groups is 1. The van der Waals surface area contributed by atoms with Gasteiger partial charge in [0.25, 0.3) is 0 Å². The summed E-state index contributed by atoms with van der Waals surface area (Å²) in [4.78, 5) is 16.7. The lowest BCUT2D eigenvalue weighted by atomic mass is 10.0. The second-order valence-electron chi connectivity index (χ2n) is 9.82. The molecule has 2 saturated heterocycles. The Kier molecular flexibility index (Phi) is 6.22. The number of carbonyl (C=O) groups excluding carboxylic acids is 1. The Morgan fingerprint density at radius 1 is 1.26 bits per heavy atom. The van der Waals surface area contributed by atoms with E-state index in [0.29, 0.717) is 44.9 Å². The van der Waals surface area contributed by atoms with E-state index in [1.54, 1.807) is 23.0 Å². The van der Waals surface area contributed by atoms with Crippen LogP contribution < -0.4 is 15.0 Å². The Balaban J connectivity index is 1.52. The molecule has 0 aliphatic carbocycles. The van der Waals surface area contributed by atoms with Gasteiger partial charge >= 0.3 is 0 Å². The van der Waals surface area contributed by atoms with Gasteiger partial charge in [-0.05, 0) is 26.0 Å². The van der Waals surface area contributed by atoms with E-state index in [4.69, 9.17) is 4.74 Å². The van der Waals surface area contributed by atoms with Crippen molar-refractivity contribution in [3.05, 3.63) is 18.3 Å². The quantitative estimate of drug-likeness (QED) is 0.587. The van der Waals surface area contributed by atoms with Crippen molar-refractivity contribution >= 4 is 49.3 Å². The van der Waals surface area contributed by atoms with Crippen LogP contribution in [0.4, 0.5) is 5.69 Å². The van der Waals surface area contributed by atoms with E-state index in [2.05, 4.69) is 25.2 Å².